The monoisotopic (exact) mass is 475 g/mol. The van der Waals surface area contributed by atoms with Crippen molar-refractivity contribution < 1.29 is 4.74 Å². The van der Waals surface area contributed by atoms with Gasteiger partial charge < -0.3 is 10.1 Å². The maximum atomic E-state index is 5.74. The van der Waals surface area contributed by atoms with E-state index in [0.29, 0.717) is 13.2 Å². The van der Waals surface area contributed by atoms with Crippen molar-refractivity contribution in [3.8, 4) is 5.75 Å². The number of hydrogen-bond acceptors (Lipinski definition) is 2. The quantitative estimate of drug-likeness (QED) is 0.546. The topological polar surface area (TPSA) is 21.3 Å². The molecule has 0 atom stereocenters. The van der Waals surface area contributed by atoms with Gasteiger partial charge in [-0.3, -0.25) is 0 Å². The van der Waals surface area contributed by atoms with E-state index in [1.165, 1.54) is 5.56 Å². The van der Waals surface area contributed by atoms with Crippen LogP contribution in [0.1, 0.15) is 18.1 Å². The van der Waals surface area contributed by atoms with Crippen LogP contribution in [0.4, 0.5) is 5.69 Å². The molecule has 0 heterocycles. The van der Waals surface area contributed by atoms with Gasteiger partial charge >= 0.3 is 0 Å². The lowest BCUT2D eigenvalue weighted by molar-refractivity contribution is 0.334. The molecule has 5 heteroatoms. The van der Waals surface area contributed by atoms with Crippen LogP contribution in [-0.2, 0) is 6.54 Å². The van der Waals surface area contributed by atoms with Gasteiger partial charge in [-0.25, -0.2) is 0 Å². The molecule has 0 saturated carbocycles. The molecule has 0 radical (unpaired) electrons. The van der Waals surface area contributed by atoms with E-state index in [9.17, 15) is 0 Å². The predicted octanol–water partition coefficient (Wildman–Crippen LogP) is 6.29. The van der Waals surface area contributed by atoms with E-state index < -0.39 is 0 Å². The molecule has 0 saturated heterocycles. The van der Waals surface area contributed by atoms with E-state index in [4.69, 9.17) is 4.74 Å². The number of anilines is 1. The highest BCUT2D eigenvalue weighted by molar-refractivity contribution is 9.11. The Labute approximate surface area is 150 Å². The number of halogens is 3. The van der Waals surface area contributed by atoms with Gasteiger partial charge in [-0.1, -0.05) is 37.9 Å². The first-order valence-electron chi connectivity index (χ1n) is 6.62. The normalized spacial score (nSPS) is 10.5. The summed E-state index contributed by atoms with van der Waals surface area (Å²) in [5, 5.41) is 3.43. The zero-order valence-corrected chi connectivity index (χ0v) is 16.6. The Morgan fingerprint density at radius 3 is 2.48 bits per heavy atom. The first-order chi connectivity index (χ1) is 10.0. The summed E-state index contributed by atoms with van der Waals surface area (Å²) in [4.78, 5) is 0. The summed E-state index contributed by atoms with van der Waals surface area (Å²) in [6.07, 6.45) is 0. The van der Waals surface area contributed by atoms with Gasteiger partial charge in [0.25, 0.3) is 0 Å². The second-order valence-electron chi connectivity index (χ2n) is 4.63. The molecule has 0 fully saturated rings. The number of hydrogen-bond donors (Lipinski definition) is 1. The molecule has 21 heavy (non-hydrogen) atoms. The minimum atomic E-state index is 0.642. The minimum Gasteiger partial charge on any atom is -0.492 e. The Hall–Kier alpha value is -0.520. The largest absolute Gasteiger partial charge is 0.492 e. The van der Waals surface area contributed by atoms with Gasteiger partial charge in [0.1, 0.15) is 5.75 Å². The lowest BCUT2D eigenvalue weighted by atomic mass is 10.2. The standard InChI is InChI=1S/C16H16Br3NO/c1-3-21-16-11(6-12(17)7-15(16)19)9-20-13-5-4-10(2)14(18)8-13/h4-8,20H,3,9H2,1-2H3. The van der Waals surface area contributed by atoms with Crippen LogP contribution >= 0.6 is 47.8 Å². The molecule has 0 amide bonds. The Kier molecular flexibility index (Phi) is 6.14. The summed E-state index contributed by atoms with van der Waals surface area (Å²) < 4.78 is 8.83. The lowest BCUT2D eigenvalue weighted by Crippen LogP contribution is -2.04. The molecular weight excluding hydrogens is 462 g/mol. The zero-order chi connectivity index (χ0) is 15.4. The maximum Gasteiger partial charge on any atom is 0.138 e. The van der Waals surface area contributed by atoms with Gasteiger partial charge in [0, 0.05) is 26.7 Å². The van der Waals surface area contributed by atoms with Crippen LogP contribution in [0.5, 0.6) is 5.75 Å². The van der Waals surface area contributed by atoms with Crippen molar-refractivity contribution in [1.29, 1.82) is 0 Å². The number of nitrogens with one attached hydrogen (secondary N) is 1. The molecule has 0 aliphatic heterocycles. The van der Waals surface area contributed by atoms with Crippen LogP contribution in [0.3, 0.4) is 0 Å². The molecule has 0 aromatic heterocycles. The van der Waals surface area contributed by atoms with Gasteiger partial charge in [-0.05, 0) is 59.6 Å². The number of benzene rings is 2. The molecule has 2 aromatic carbocycles. The van der Waals surface area contributed by atoms with Crippen LogP contribution in [0.25, 0.3) is 0 Å². The summed E-state index contributed by atoms with van der Waals surface area (Å²) in [6.45, 7) is 5.40. The number of aryl methyl sites for hydroxylation is 1. The molecule has 2 aromatic rings. The third kappa shape index (κ3) is 4.47. The molecule has 112 valence electrons. The number of rotatable bonds is 5. The summed E-state index contributed by atoms with van der Waals surface area (Å²) in [6, 6.07) is 10.3. The highest BCUT2D eigenvalue weighted by atomic mass is 79.9. The summed E-state index contributed by atoms with van der Waals surface area (Å²) >= 11 is 10.6. The van der Waals surface area contributed by atoms with Crippen molar-refractivity contribution in [3.63, 3.8) is 0 Å². The van der Waals surface area contributed by atoms with E-state index in [0.717, 1.165) is 30.4 Å². The van der Waals surface area contributed by atoms with Crippen molar-refractivity contribution in [2.45, 2.75) is 20.4 Å². The third-order valence-electron chi connectivity index (χ3n) is 3.03. The Balaban J connectivity index is 2.20. The summed E-state index contributed by atoms with van der Waals surface area (Å²) in [7, 11) is 0. The average Bonchev–Trinajstić information content (AvgIpc) is 2.43. The lowest BCUT2D eigenvalue weighted by Gasteiger charge is -2.14. The average molecular weight is 478 g/mol. The first kappa shape index (κ1) is 16.8. The van der Waals surface area contributed by atoms with E-state index in [1.807, 2.05) is 13.0 Å². The van der Waals surface area contributed by atoms with Crippen LogP contribution in [0.15, 0.2) is 43.7 Å². The van der Waals surface area contributed by atoms with Gasteiger partial charge in [-0.2, -0.15) is 0 Å². The molecule has 0 aliphatic rings. The highest BCUT2D eigenvalue weighted by Crippen LogP contribution is 2.33. The summed E-state index contributed by atoms with van der Waals surface area (Å²) in [5.74, 6) is 0.888. The van der Waals surface area contributed by atoms with Gasteiger partial charge in [-0.15, -0.1) is 0 Å². The SMILES string of the molecule is CCOc1c(Br)cc(Br)cc1CNc1ccc(C)c(Br)c1. The van der Waals surface area contributed by atoms with E-state index in [1.54, 1.807) is 0 Å². The van der Waals surface area contributed by atoms with Crippen molar-refractivity contribution in [2.75, 3.05) is 11.9 Å². The second kappa shape index (κ2) is 7.65. The van der Waals surface area contributed by atoms with Crippen LogP contribution < -0.4 is 10.1 Å². The number of ether oxygens (including phenoxy) is 1. The van der Waals surface area contributed by atoms with E-state index in [2.05, 4.69) is 84.3 Å². The van der Waals surface area contributed by atoms with Crippen molar-refractivity contribution in [3.05, 3.63) is 54.9 Å². The molecule has 0 bridgehead atoms. The Bertz CT molecular complexity index is 644. The van der Waals surface area contributed by atoms with Crippen LogP contribution in [-0.4, -0.2) is 6.61 Å². The first-order valence-corrected chi connectivity index (χ1v) is 9.00. The van der Waals surface area contributed by atoms with Crippen molar-refractivity contribution in [1.82, 2.24) is 0 Å². The van der Waals surface area contributed by atoms with Gasteiger partial charge in [0.05, 0.1) is 11.1 Å². The molecule has 1 N–H and O–H groups in total. The van der Waals surface area contributed by atoms with Crippen LogP contribution in [0, 0.1) is 6.92 Å². The second-order valence-corrected chi connectivity index (χ2v) is 7.25. The van der Waals surface area contributed by atoms with Crippen molar-refractivity contribution >= 4 is 53.5 Å². The highest BCUT2D eigenvalue weighted by Gasteiger charge is 2.10. The maximum absolute atomic E-state index is 5.74. The fourth-order valence-electron chi connectivity index (χ4n) is 1.95. The molecular formula is C16H16Br3NO. The summed E-state index contributed by atoms with van der Waals surface area (Å²) in [5.41, 5.74) is 3.40. The smallest absolute Gasteiger partial charge is 0.138 e. The fourth-order valence-corrected chi connectivity index (χ4v) is 3.76. The minimum absolute atomic E-state index is 0.642. The predicted molar refractivity (Wildman–Crippen MR) is 99.2 cm³/mol. The van der Waals surface area contributed by atoms with Crippen molar-refractivity contribution in [2.24, 2.45) is 0 Å². The molecule has 0 spiro atoms. The molecule has 2 rings (SSSR count). The molecule has 0 aliphatic carbocycles. The van der Waals surface area contributed by atoms with E-state index in [-0.39, 0.29) is 0 Å². The van der Waals surface area contributed by atoms with Gasteiger partial charge in [0.15, 0.2) is 0 Å². The van der Waals surface area contributed by atoms with Gasteiger partial charge in [0.2, 0.25) is 0 Å². The molecule has 0 unspecified atom stereocenters. The third-order valence-corrected chi connectivity index (χ3v) is 4.93. The Morgan fingerprint density at radius 1 is 1.05 bits per heavy atom. The molecule has 2 nitrogen and oxygen atoms in total. The van der Waals surface area contributed by atoms with E-state index >= 15 is 0 Å². The Morgan fingerprint density at radius 2 is 1.81 bits per heavy atom. The van der Waals surface area contributed by atoms with Crippen LogP contribution in [0.2, 0.25) is 0 Å². The zero-order valence-electron chi connectivity index (χ0n) is 11.8. The fraction of sp³-hybridized carbons (Fsp3) is 0.250.